The summed E-state index contributed by atoms with van der Waals surface area (Å²) in [7, 11) is 1.69. The molecule has 0 atom stereocenters. The van der Waals surface area contributed by atoms with Crippen LogP contribution in [0.15, 0.2) is 29.3 Å². The maximum atomic E-state index is 11.5. The minimum atomic E-state index is -0.124. The van der Waals surface area contributed by atoms with Gasteiger partial charge < -0.3 is 25.4 Å². The predicted octanol–water partition coefficient (Wildman–Crippen LogP) is 1.29. The predicted molar refractivity (Wildman–Crippen MR) is 99.9 cm³/mol. The maximum Gasteiger partial charge on any atom is 0.257 e. The summed E-state index contributed by atoms with van der Waals surface area (Å²) in [4.78, 5) is 16.0. The van der Waals surface area contributed by atoms with Gasteiger partial charge in [-0.3, -0.25) is 4.79 Å². The minimum Gasteiger partial charge on any atom is -0.484 e. The van der Waals surface area contributed by atoms with E-state index in [1.807, 2.05) is 38.1 Å². The molecule has 0 fully saturated rings. The van der Waals surface area contributed by atoms with Gasteiger partial charge >= 0.3 is 0 Å². The molecule has 1 aromatic rings. The standard InChI is InChI=1S/C18H30N4O3/c1-4-19-17(23)14-25-16-9-6-8-15(12-16)13-22-18(20-5-2)21-10-7-11-24-3/h6,8-9,12H,4-5,7,10-11,13-14H2,1-3H3,(H,19,23)(H2,20,21,22). The molecule has 7 nitrogen and oxygen atoms in total. The molecule has 140 valence electrons. The molecule has 0 unspecified atom stereocenters. The Bertz CT molecular complexity index is 535. The molecule has 0 radical (unpaired) electrons. The Morgan fingerprint density at radius 2 is 1.96 bits per heavy atom. The fourth-order valence-corrected chi connectivity index (χ4v) is 2.07. The summed E-state index contributed by atoms with van der Waals surface area (Å²) in [5.74, 6) is 1.31. The second-order valence-corrected chi connectivity index (χ2v) is 5.36. The lowest BCUT2D eigenvalue weighted by Gasteiger charge is -2.11. The Balaban J connectivity index is 2.54. The molecule has 1 rings (SSSR count). The van der Waals surface area contributed by atoms with Crippen LogP contribution in [-0.4, -0.2) is 51.8 Å². The molecule has 0 spiro atoms. The van der Waals surface area contributed by atoms with Crippen LogP contribution in [0, 0.1) is 0 Å². The Kier molecular flexibility index (Phi) is 10.8. The van der Waals surface area contributed by atoms with Gasteiger partial charge in [-0.25, -0.2) is 4.99 Å². The highest BCUT2D eigenvalue weighted by molar-refractivity contribution is 5.79. The average Bonchev–Trinajstić information content (AvgIpc) is 2.62. The van der Waals surface area contributed by atoms with Crippen molar-refractivity contribution in [2.24, 2.45) is 4.99 Å². The van der Waals surface area contributed by atoms with Gasteiger partial charge in [0, 0.05) is 33.4 Å². The van der Waals surface area contributed by atoms with Crippen LogP contribution < -0.4 is 20.7 Å². The number of hydrogen-bond acceptors (Lipinski definition) is 4. The summed E-state index contributed by atoms with van der Waals surface area (Å²) in [6.45, 7) is 7.37. The lowest BCUT2D eigenvalue weighted by Crippen LogP contribution is -2.38. The minimum absolute atomic E-state index is 0.0181. The van der Waals surface area contributed by atoms with E-state index < -0.39 is 0 Å². The average molecular weight is 350 g/mol. The number of rotatable bonds is 11. The number of guanidine groups is 1. The highest BCUT2D eigenvalue weighted by atomic mass is 16.5. The van der Waals surface area contributed by atoms with Crippen molar-refractivity contribution >= 4 is 11.9 Å². The number of likely N-dealkylation sites (N-methyl/N-ethyl adjacent to an activating group) is 1. The highest BCUT2D eigenvalue weighted by Crippen LogP contribution is 2.14. The van der Waals surface area contributed by atoms with Gasteiger partial charge in [-0.05, 0) is 38.0 Å². The van der Waals surface area contributed by atoms with Gasteiger partial charge in [0.25, 0.3) is 5.91 Å². The van der Waals surface area contributed by atoms with E-state index in [1.54, 1.807) is 7.11 Å². The van der Waals surface area contributed by atoms with Crippen LogP contribution >= 0.6 is 0 Å². The molecule has 0 saturated heterocycles. The zero-order valence-corrected chi connectivity index (χ0v) is 15.4. The summed E-state index contributed by atoms with van der Waals surface area (Å²) in [5, 5.41) is 9.18. The van der Waals surface area contributed by atoms with Crippen molar-refractivity contribution in [2.75, 3.05) is 40.0 Å². The zero-order chi connectivity index (χ0) is 18.3. The van der Waals surface area contributed by atoms with Crippen LogP contribution in [0.4, 0.5) is 0 Å². The van der Waals surface area contributed by atoms with E-state index in [-0.39, 0.29) is 12.5 Å². The molecule has 0 aliphatic carbocycles. The van der Waals surface area contributed by atoms with Crippen LogP contribution in [0.3, 0.4) is 0 Å². The van der Waals surface area contributed by atoms with Crippen LogP contribution in [0.2, 0.25) is 0 Å². The van der Waals surface area contributed by atoms with Gasteiger partial charge in [0.2, 0.25) is 0 Å². The molecular formula is C18H30N4O3. The second kappa shape index (κ2) is 13.1. The van der Waals surface area contributed by atoms with Gasteiger partial charge in [-0.2, -0.15) is 0 Å². The fourth-order valence-electron chi connectivity index (χ4n) is 2.07. The van der Waals surface area contributed by atoms with Crippen molar-refractivity contribution in [3.63, 3.8) is 0 Å². The van der Waals surface area contributed by atoms with Gasteiger partial charge in [0.05, 0.1) is 6.54 Å². The van der Waals surface area contributed by atoms with Crippen molar-refractivity contribution in [1.82, 2.24) is 16.0 Å². The van der Waals surface area contributed by atoms with Gasteiger partial charge in [0.15, 0.2) is 12.6 Å². The van der Waals surface area contributed by atoms with Crippen molar-refractivity contribution in [1.29, 1.82) is 0 Å². The number of carbonyl (C=O) groups excluding carboxylic acids is 1. The van der Waals surface area contributed by atoms with Gasteiger partial charge in [-0.1, -0.05) is 12.1 Å². The van der Waals surface area contributed by atoms with E-state index in [0.29, 0.717) is 18.8 Å². The van der Waals surface area contributed by atoms with E-state index in [2.05, 4.69) is 20.9 Å². The third-order valence-electron chi connectivity index (χ3n) is 3.22. The fraction of sp³-hybridized carbons (Fsp3) is 0.556. The molecule has 25 heavy (non-hydrogen) atoms. The molecule has 0 saturated carbocycles. The van der Waals surface area contributed by atoms with E-state index in [9.17, 15) is 4.79 Å². The van der Waals surface area contributed by atoms with E-state index in [4.69, 9.17) is 9.47 Å². The number of nitrogens with zero attached hydrogens (tertiary/aromatic N) is 1. The number of methoxy groups -OCH3 is 1. The molecule has 0 heterocycles. The zero-order valence-electron chi connectivity index (χ0n) is 15.4. The number of nitrogens with one attached hydrogen (secondary N) is 3. The van der Waals surface area contributed by atoms with E-state index in [0.717, 1.165) is 37.6 Å². The van der Waals surface area contributed by atoms with Crippen LogP contribution in [0.25, 0.3) is 0 Å². The summed E-state index contributed by atoms with van der Waals surface area (Å²) < 4.78 is 10.5. The first-order valence-electron chi connectivity index (χ1n) is 8.69. The first-order chi connectivity index (χ1) is 12.2. The van der Waals surface area contributed by atoms with Crippen molar-refractivity contribution < 1.29 is 14.3 Å². The Morgan fingerprint density at radius 3 is 2.68 bits per heavy atom. The summed E-state index contributed by atoms with van der Waals surface area (Å²) >= 11 is 0. The number of benzene rings is 1. The molecule has 0 bridgehead atoms. The molecular weight excluding hydrogens is 320 g/mol. The summed E-state index contributed by atoms with van der Waals surface area (Å²) in [6, 6.07) is 7.62. The van der Waals surface area contributed by atoms with Crippen molar-refractivity contribution in [2.45, 2.75) is 26.8 Å². The molecule has 0 aliphatic rings. The highest BCUT2D eigenvalue weighted by Gasteiger charge is 2.02. The summed E-state index contributed by atoms with van der Waals surface area (Å²) in [6.07, 6.45) is 0.921. The third-order valence-corrected chi connectivity index (χ3v) is 3.22. The third kappa shape index (κ3) is 9.56. The molecule has 3 N–H and O–H groups in total. The molecule has 0 aromatic heterocycles. The van der Waals surface area contributed by atoms with Crippen LogP contribution in [0.5, 0.6) is 5.75 Å². The lowest BCUT2D eigenvalue weighted by molar-refractivity contribution is -0.122. The quantitative estimate of drug-likeness (QED) is 0.318. The normalized spacial score (nSPS) is 11.1. The SMILES string of the molecule is CCNC(=O)COc1cccc(CN=C(NCC)NCCCOC)c1. The topological polar surface area (TPSA) is 84.0 Å². The van der Waals surface area contributed by atoms with Gasteiger partial charge in [0.1, 0.15) is 5.75 Å². The number of aliphatic imine (C=N–C) groups is 1. The van der Waals surface area contributed by atoms with Crippen LogP contribution in [0.1, 0.15) is 25.8 Å². The monoisotopic (exact) mass is 350 g/mol. The number of ether oxygens (including phenoxy) is 2. The van der Waals surface area contributed by atoms with E-state index in [1.165, 1.54) is 0 Å². The Morgan fingerprint density at radius 1 is 1.16 bits per heavy atom. The van der Waals surface area contributed by atoms with E-state index >= 15 is 0 Å². The molecule has 1 aromatic carbocycles. The largest absolute Gasteiger partial charge is 0.484 e. The second-order valence-electron chi connectivity index (χ2n) is 5.36. The number of carbonyl (C=O) groups is 1. The molecule has 7 heteroatoms. The first-order valence-corrected chi connectivity index (χ1v) is 8.69. The first kappa shape index (κ1) is 20.8. The Labute approximate surface area is 150 Å². The van der Waals surface area contributed by atoms with Crippen LogP contribution in [-0.2, 0) is 16.1 Å². The number of hydrogen-bond donors (Lipinski definition) is 3. The molecule has 0 aliphatic heterocycles. The van der Waals surface area contributed by atoms with Crippen molar-refractivity contribution in [3.8, 4) is 5.75 Å². The Hall–Kier alpha value is -2.28. The maximum absolute atomic E-state index is 11.5. The molecule has 1 amide bonds. The summed E-state index contributed by atoms with van der Waals surface area (Å²) in [5.41, 5.74) is 1.02. The van der Waals surface area contributed by atoms with Crippen molar-refractivity contribution in [3.05, 3.63) is 29.8 Å². The lowest BCUT2D eigenvalue weighted by atomic mass is 10.2. The smallest absolute Gasteiger partial charge is 0.257 e. The van der Waals surface area contributed by atoms with Gasteiger partial charge in [-0.15, -0.1) is 0 Å². The number of amides is 1.